The molecule has 0 radical (unpaired) electrons. The molecule has 1 aromatic rings. The summed E-state index contributed by atoms with van der Waals surface area (Å²) in [7, 11) is 2.97. The van der Waals surface area contributed by atoms with Gasteiger partial charge in [-0.05, 0) is 46.1 Å². The number of hydrogen-bond donors (Lipinski definition) is 2. The Bertz CT molecular complexity index is 975. The molecule has 1 rings (SSSR count). The summed E-state index contributed by atoms with van der Waals surface area (Å²) in [5.74, 6) is -1.61. The maximum Gasteiger partial charge on any atom is 0.408 e. The van der Waals surface area contributed by atoms with Gasteiger partial charge in [-0.2, -0.15) is 0 Å². The highest BCUT2D eigenvalue weighted by molar-refractivity contribution is 5.94. The number of rotatable bonds is 12. The lowest BCUT2D eigenvalue weighted by molar-refractivity contribution is -0.146. The lowest BCUT2D eigenvalue weighted by Gasteiger charge is -2.33. The van der Waals surface area contributed by atoms with Gasteiger partial charge >= 0.3 is 6.09 Å². The van der Waals surface area contributed by atoms with Crippen LogP contribution >= 0.6 is 0 Å². The third kappa shape index (κ3) is 10.5. The van der Waals surface area contributed by atoms with Crippen LogP contribution in [-0.2, 0) is 30.3 Å². The molecule has 4 atom stereocenters. The molecule has 0 saturated carbocycles. The Kier molecular flexibility index (Phi) is 12.4. The molecule has 2 N–H and O–H groups in total. The van der Waals surface area contributed by atoms with Crippen LogP contribution in [0.3, 0.4) is 0 Å². The van der Waals surface area contributed by atoms with E-state index in [1.165, 1.54) is 37.7 Å². The highest BCUT2D eigenvalue weighted by Gasteiger charge is 2.33. The van der Waals surface area contributed by atoms with Crippen molar-refractivity contribution in [1.82, 2.24) is 20.4 Å². The molecule has 0 saturated heterocycles. The van der Waals surface area contributed by atoms with Crippen molar-refractivity contribution in [3.63, 3.8) is 0 Å². The second-order valence-electron chi connectivity index (χ2n) is 10.8. The third-order valence-corrected chi connectivity index (χ3v) is 6.20. The van der Waals surface area contributed by atoms with Crippen molar-refractivity contribution < 1.29 is 28.7 Å². The zero-order chi connectivity index (χ0) is 29.2. The molecule has 1 aromatic carbocycles. The van der Waals surface area contributed by atoms with Crippen LogP contribution in [0.25, 0.3) is 0 Å². The van der Waals surface area contributed by atoms with Gasteiger partial charge in [0.25, 0.3) is 0 Å². The van der Waals surface area contributed by atoms with E-state index in [-0.39, 0.29) is 24.7 Å². The summed E-state index contributed by atoms with van der Waals surface area (Å²) in [6.07, 6.45) is 0.171. The predicted molar refractivity (Wildman–Crippen MR) is 145 cm³/mol. The monoisotopic (exact) mass is 532 g/mol. The molecule has 0 fully saturated rings. The fraction of sp³-hybridized carbons (Fsp3) is 0.607. The van der Waals surface area contributed by atoms with Gasteiger partial charge in [0.05, 0.1) is 12.6 Å². The molecule has 212 valence electrons. The Hall–Kier alpha value is -3.43. The number of carbonyl (C=O) groups excluding carboxylic acids is 5. The van der Waals surface area contributed by atoms with Crippen molar-refractivity contribution in [2.75, 3.05) is 20.6 Å². The van der Waals surface area contributed by atoms with Crippen molar-refractivity contribution in [3.8, 4) is 0 Å². The van der Waals surface area contributed by atoms with Gasteiger partial charge in [-0.1, -0.05) is 50.6 Å². The summed E-state index contributed by atoms with van der Waals surface area (Å²) in [5, 5.41) is 5.24. The normalized spacial score (nSPS) is 14.3. The summed E-state index contributed by atoms with van der Waals surface area (Å²) < 4.78 is 5.23. The van der Waals surface area contributed by atoms with Crippen LogP contribution in [0.4, 0.5) is 4.79 Å². The van der Waals surface area contributed by atoms with Gasteiger partial charge in [0.2, 0.25) is 17.7 Å². The fourth-order valence-electron chi connectivity index (χ4n) is 3.88. The van der Waals surface area contributed by atoms with Gasteiger partial charge in [0, 0.05) is 20.5 Å². The minimum atomic E-state index is -0.957. The number of likely N-dealkylation sites (N-methyl/N-ethyl adjacent to an activating group) is 2. The lowest BCUT2D eigenvalue weighted by atomic mass is 9.96. The van der Waals surface area contributed by atoms with Crippen molar-refractivity contribution in [1.29, 1.82) is 0 Å². The first-order valence-electron chi connectivity index (χ1n) is 12.9. The molecule has 0 aromatic heterocycles. The quantitative estimate of drug-likeness (QED) is 0.426. The second-order valence-corrected chi connectivity index (χ2v) is 10.8. The first kappa shape index (κ1) is 32.6. The van der Waals surface area contributed by atoms with E-state index < -0.39 is 47.5 Å². The summed E-state index contributed by atoms with van der Waals surface area (Å²) in [6, 6.07) is 6.67. The number of alkyl carbamates (subject to hydrolysis) is 1. The van der Waals surface area contributed by atoms with Gasteiger partial charge in [-0.15, -0.1) is 0 Å². The SMILES string of the molecule is CCC(C)[C@H](NC(=O)CN(C)C(=O)[C@@H](Cc1ccccc1)N(C)C(=O)[C@H](C)NC(=O)OC(C)(C)C)C(C)=O. The van der Waals surface area contributed by atoms with Crippen LogP contribution in [0.15, 0.2) is 30.3 Å². The zero-order valence-electron chi connectivity index (χ0n) is 24.2. The molecular weight excluding hydrogens is 488 g/mol. The van der Waals surface area contributed by atoms with Gasteiger partial charge in [0.1, 0.15) is 17.7 Å². The van der Waals surface area contributed by atoms with E-state index >= 15 is 0 Å². The van der Waals surface area contributed by atoms with Crippen molar-refractivity contribution in [3.05, 3.63) is 35.9 Å². The van der Waals surface area contributed by atoms with Crippen LogP contribution in [0.2, 0.25) is 0 Å². The number of nitrogens with zero attached hydrogens (tertiary/aromatic N) is 2. The topological polar surface area (TPSA) is 125 Å². The van der Waals surface area contributed by atoms with Crippen LogP contribution in [0.5, 0.6) is 0 Å². The first-order valence-corrected chi connectivity index (χ1v) is 12.9. The smallest absolute Gasteiger partial charge is 0.408 e. The number of Topliss-reactive ketones (excluding diaryl/α,β-unsaturated/α-hetero) is 1. The number of ketones is 1. The molecule has 1 unspecified atom stereocenters. The Balaban J connectivity index is 3.06. The lowest BCUT2D eigenvalue weighted by Crippen LogP contribution is -2.56. The summed E-state index contributed by atoms with van der Waals surface area (Å²) in [5.41, 5.74) is 0.0917. The number of hydrogen-bond acceptors (Lipinski definition) is 6. The van der Waals surface area contributed by atoms with E-state index in [0.717, 1.165) is 5.56 Å². The van der Waals surface area contributed by atoms with E-state index in [0.29, 0.717) is 6.42 Å². The van der Waals surface area contributed by atoms with Gasteiger partial charge in [-0.3, -0.25) is 19.2 Å². The molecule has 0 heterocycles. The number of ether oxygens (including phenoxy) is 1. The van der Waals surface area contributed by atoms with Crippen LogP contribution < -0.4 is 10.6 Å². The molecule has 0 spiro atoms. The predicted octanol–water partition coefficient (Wildman–Crippen LogP) is 2.55. The Morgan fingerprint density at radius 3 is 2.03 bits per heavy atom. The van der Waals surface area contributed by atoms with Gasteiger partial charge in [-0.25, -0.2) is 4.79 Å². The summed E-state index contributed by atoms with van der Waals surface area (Å²) in [6.45, 7) is 11.6. The minimum absolute atomic E-state index is 0.0500. The van der Waals surface area contributed by atoms with Crippen molar-refractivity contribution in [2.45, 2.75) is 85.0 Å². The molecule has 0 aliphatic rings. The number of benzene rings is 1. The van der Waals surface area contributed by atoms with E-state index in [2.05, 4.69) is 10.6 Å². The fourth-order valence-corrected chi connectivity index (χ4v) is 3.88. The number of nitrogens with one attached hydrogen (secondary N) is 2. The molecule has 0 aliphatic heterocycles. The molecular formula is C28H44N4O6. The maximum atomic E-state index is 13.5. The average Bonchev–Trinajstić information content (AvgIpc) is 2.83. The summed E-state index contributed by atoms with van der Waals surface area (Å²) >= 11 is 0. The molecule has 10 nitrogen and oxygen atoms in total. The van der Waals surface area contributed by atoms with Crippen LogP contribution in [-0.4, -0.2) is 83.8 Å². The molecule has 0 bridgehead atoms. The highest BCUT2D eigenvalue weighted by atomic mass is 16.6. The Labute approximate surface area is 226 Å². The van der Waals surface area contributed by atoms with Crippen molar-refractivity contribution in [2.24, 2.45) is 5.92 Å². The number of amides is 4. The van der Waals surface area contributed by atoms with Crippen LogP contribution in [0, 0.1) is 5.92 Å². The standard InChI is InChI=1S/C28H44N4O6/c1-10-18(2)24(20(4)33)30-23(34)17-31(8)26(36)22(16-21-14-12-11-13-15-21)32(9)25(35)19(3)29-27(37)38-28(5,6)7/h11-15,18-19,22,24H,10,16-17H2,1-9H3,(H,29,37)(H,30,34)/t18?,19-,22+,24-/m0/s1. The van der Waals surface area contributed by atoms with Crippen LogP contribution in [0.1, 0.15) is 60.5 Å². The largest absolute Gasteiger partial charge is 0.444 e. The zero-order valence-corrected chi connectivity index (χ0v) is 24.2. The molecule has 4 amide bonds. The Morgan fingerprint density at radius 2 is 1.53 bits per heavy atom. The Morgan fingerprint density at radius 1 is 0.947 bits per heavy atom. The molecule has 38 heavy (non-hydrogen) atoms. The van der Waals surface area contributed by atoms with E-state index in [4.69, 9.17) is 4.74 Å². The third-order valence-electron chi connectivity index (χ3n) is 6.20. The van der Waals surface area contributed by atoms with E-state index in [1.807, 2.05) is 44.2 Å². The average molecular weight is 533 g/mol. The summed E-state index contributed by atoms with van der Waals surface area (Å²) in [4.78, 5) is 66.2. The van der Waals surface area contributed by atoms with Crippen molar-refractivity contribution >= 4 is 29.6 Å². The van der Waals surface area contributed by atoms with Gasteiger partial charge in [0.15, 0.2) is 5.78 Å². The van der Waals surface area contributed by atoms with E-state index in [1.54, 1.807) is 20.8 Å². The van der Waals surface area contributed by atoms with E-state index in [9.17, 15) is 24.0 Å². The highest BCUT2D eigenvalue weighted by Crippen LogP contribution is 2.14. The molecule has 10 heteroatoms. The second kappa shape index (κ2) is 14.5. The minimum Gasteiger partial charge on any atom is -0.444 e. The first-order chi connectivity index (χ1) is 17.6. The number of carbonyl (C=O) groups is 5. The van der Waals surface area contributed by atoms with Gasteiger partial charge < -0.3 is 25.2 Å². The molecule has 0 aliphatic carbocycles. The maximum absolute atomic E-state index is 13.5.